The highest BCUT2D eigenvalue weighted by atomic mass is 32.1. The summed E-state index contributed by atoms with van der Waals surface area (Å²) in [4.78, 5) is 22.3. The molecule has 9 nitrogen and oxygen atoms in total. The minimum Gasteiger partial charge on any atom is -0.382 e. The standard InChI is InChI=1S/C27H38N8OS2/c1-2-3-4-22-31-24-25(26-21(5-16-37-26)30-27(24)28)35(22)18-23-29-20(19-38-23)17-34-10-8-32(9-11-34)6-7-33-12-14-36-15-13-33/h5,16,19H,2-4,6-15,17-18H2,1H3,(H2,28,30). The first-order valence-electron chi connectivity index (χ1n) is 13.9. The zero-order valence-electron chi connectivity index (χ0n) is 22.3. The molecule has 0 saturated carbocycles. The van der Waals surface area contributed by atoms with Crippen LogP contribution < -0.4 is 5.73 Å². The minimum absolute atomic E-state index is 0.520. The monoisotopic (exact) mass is 554 g/mol. The smallest absolute Gasteiger partial charge is 0.152 e. The van der Waals surface area contributed by atoms with E-state index in [1.54, 1.807) is 22.7 Å². The summed E-state index contributed by atoms with van der Waals surface area (Å²) in [6.45, 7) is 14.6. The average Bonchev–Trinajstić information content (AvgIpc) is 3.67. The first kappa shape index (κ1) is 26.1. The number of thiophene rings is 1. The molecule has 4 aromatic rings. The van der Waals surface area contributed by atoms with Crippen LogP contribution in [-0.4, -0.2) is 99.8 Å². The van der Waals surface area contributed by atoms with Crippen molar-refractivity contribution in [1.82, 2.24) is 34.2 Å². The second-order valence-electron chi connectivity index (χ2n) is 10.4. The second-order valence-corrected chi connectivity index (χ2v) is 12.2. The maximum absolute atomic E-state index is 6.35. The van der Waals surface area contributed by atoms with Gasteiger partial charge in [0.1, 0.15) is 16.3 Å². The summed E-state index contributed by atoms with van der Waals surface area (Å²) < 4.78 is 8.98. The number of aryl methyl sites for hydroxylation is 1. The number of anilines is 1. The number of piperazine rings is 1. The van der Waals surface area contributed by atoms with E-state index in [1.165, 1.54) is 5.69 Å². The summed E-state index contributed by atoms with van der Waals surface area (Å²) in [5.41, 5.74) is 10.4. The van der Waals surface area contributed by atoms with Crippen molar-refractivity contribution in [3.63, 3.8) is 0 Å². The van der Waals surface area contributed by atoms with Crippen molar-refractivity contribution in [2.24, 2.45) is 0 Å². The number of morpholine rings is 1. The Morgan fingerprint density at radius 1 is 0.921 bits per heavy atom. The zero-order valence-corrected chi connectivity index (χ0v) is 23.9. The molecule has 0 bridgehead atoms. The Kier molecular flexibility index (Phi) is 8.19. The molecule has 4 aromatic heterocycles. The van der Waals surface area contributed by atoms with Crippen molar-refractivity contribution in [3.8, 4) is 0 Å². The summed E-state index contributed by atoms with van der Waals surface area (Å²) in [7, 11) is 0. The predicted octanol–water partition coefficient (Wildman–Crippen LogP) is 3.53. The third kappa shape index (κ3) is 5.73. The van der Waals surface area contributed by atoms with E-state index in [0.717, 1.165) is 130 Å². The van der Waals surface area contributed by atoms with Crippen LogP contribution in [0.25, 0.3) is 21.3 Å². The van der Waals surface area contributed by atoms with Crippen molar-refractivity contribution < 1.29 is 4.74 Å². The van der Waals surface area contributed by atoms with Gasteiger partial charge in [-0.15, -0.1) is 22.7 Å². The SMILES string of the molecule is CCCCc1nc2c(N)nc3ccsc3c2n1Cc1nc(CN2CCN(CCN3CCOCC3)CC2)cs1. The van der Waals surface area contributed by atoms with Crippen LogP contribution >= 0.6 is 22.7 Å². The topological polar surface area (TPSA) is 88.6 Å². The third-order valence-corrected chi connectivity index (χ3v) is 9.52. The number of hydrogen-bond acceptors (Lipinski definition) is 10. The summed E-state index contributed by atoms with van der Waals surface area (Å²) in [5, 5.41) is 5.45. The molecule has 0 unspecified atom stereocenters. The molecule has 2 saturated heterocycles. The number of rotatable bonds is 10. The number of pyridine rings is 1. The number of nitrogen functional groups attached to an aromatic ring is 1. The highest BCUT2D eigenvalue weighted by molar-refractivity contribution is 7.18. The fraction of sp³-hybridized carbons (Fsp3) is 0.593. The first-order chi connectivity index (χ1) is 18.7. The largest absolute Gasteiger partial charge is 0.382 e. The lowest BCUT2D eigenvalue weighted by molar-refractivity contribution is 0.0296. The van der Waals surface area contributed by atoms with Crippen LogP contribution in [0.1, 0.15) is 36.3 Å². The molecule has 0 aromatic carbocycles. The third-order valence-electron chi connectivity index (χ3n) is 7.72. The van der Waals surface area contributed by atoms with E-state index in [0.29, 0.717) is 5.82 Å². The van der Waals surface area contributed by atoms with Crippen LogP contribution in [0.5, 0.6) is 0 Å². The van der Waals surface area contributed by atoms with E-state index >= 15 is 0 Å². The molecule has 2 fully saturated rings. The molecule has 6 rings (SSSR count). The van der Waals surface area contributed by atoms with Gasteiger partial charge in [-0.05, 0) is 17.9 Å². The number of nitrogens with zero attached hydrogens (tertiary/aromatic N) is 7. The minimum atomic E-state index is 0.520. The summed E-state index contributed by atoms with van der Waals surface area (Å²) in [5.74, 6) is 1.60. The van der Waals surface area contributed by atoms with Gasteiger partial charge in [0.05, 0.1) is 41.2 Å². The molecule has 6 heterocycles. The lowest BCUT2D eigenvalue weighted by atomic mass is 10.2. The molecule has 38 heavy (non-hydrogen) atoms. The van der Waals surface area contributed by atoms with Gasteiger partial charge in [-0.3, -0.25) is 14.7 Å². The molecule has 0 aliphatic carbocycles. The molecule has 2 aliphatic heterocycles. The fourth-order valence-electron chi connectivity index (χ4n) is 5.49. The Balaban J connectivity index is 1.11. The van der Waals surface area contributed by atoms with Gasteiger partial charge in [0.25, 0.3) is 0 Å². The number of nitrogens with two attached hydrogens (primary N) is 1. The number of aromatic nitrogens is 4. The average molecular weight is 555 g/mol. The lowest BCUT2D eigenvalue weighted by Gasteiger charge is -2.36. The number of imidazole rings is 1. The molecular formula is C27H38N8OS2. The van der Waals surface area contributed by atoms with Crippen LogP contribution in [0.2, 0.25) is 0 Å². The fourth-order valence-corrected chi connectivity index (χ4v) is 7.15. The van der Waals surface area contributed by atoms with Crippen molar-refractivity contribution in [2.45, 2.75) is 39.3 Å². The predicted molar refractivity (Wildman–Crippen MR) is 156 cm³/mol. The maximum atomic E-state index is 6.35. The van der Waals surface area contributed by atoms with Gasteiger partial charge in [0, 0.05) is 70.7 Å². The van der Waals surface area contributed by atoms with Crippen LogP contribution in [0, 0.1) is 0 Å². The number of hydrogen-bond donors (Lipinski definition) is 1. The van der Waals surface area contributed by atoms with Crippen molar-refractivity contribution in [3.05, 3.63) is 33.4 Å². The molecule has 11 heteroatoms. The Hall–Kier alpha value is -2.15. The van der Waals surface area contributed by atoms with Crippen LogP contribution in [0.3, 0.4) is 0 Å². The number of fused-ring (bicyclic) bond motifs is 3. The van der Waals surface area contributed by atoms with E-state index in [-0.39, 0.29) is 0 Å². The number of unbranched alkanes of at least 4 members (excludes halogenated alkanes) is 1. The molecule has 2 N–H and O–H groups in total. The summed E-state index contributed by atoms with van der Waals surface area (Å²) in [6, 6.07) is 2.04. The van der Waals surface area contributed by atoms with Crippen LogP contribution in [0.4, 0.5) is 5.82 Å². The molecule has 2 aliphatic rings. The molecule has 0 atom stereocenters. The lowest BCUT2D eigenvalue weighted by Crippen LogP contribution is -2.49. The van der Waals surface area contributed by atoms with Gasteiger partial charge in [0.2, 0.25) is 0 Å². The molecule has 0 amide bonds. The maximum Gasteiger partial charge on any atom is 0.152 e. The van der Waals surface area contributed by atoms with Gasteiger partial charge in [0.15, 0.2) is 5.82 Å². The van der Waals surface area contributed by atoms with E-state index < -0.39 is 0 Å². The molecule has 0 spiro atoms. The van der Waals surface area contributed by atoms with Crippen molar-refractivity contribution in [1.29, 1.82) is 0 Å². The second kappa shape index (κ2) is 11.9. The van der Waals surface area contributed by atoms with Gasteiger partial charge in [-0.25, -0.2) is 15.0 Å². The summed E-state index contributed by atoms with van der Waals surface area (Å²) >= 11 is 3.47. The first-order valence-corrected chi connectivity index (χ1v) is 15.6. The quantitative estimate of drug-likeness (QED) is 0.319. The molecule has 204 valence electrons. The Bertz CT molecular complexity index is 1350. The van der Waals surface area contributed by atoms with Gasteiger partial charge < -0.3 is 15.0 Å². The van der Waals surface area contributed by atoms with E-state index in [4.69, 9.17) is 20.4 Å². The van der Waals surface area contributed by atoms with E-state index in [9.17, 15) is 0 Å². The van der Waals surface area contributed by atoms with E-state index in [1.807, 2.05) is 6.07 Å². The van der Waals surface area contributed by atoms with Crippen molar-refractivity contribution >= 4 is 49.7 Å². The molecular weight excluding hydrogens is 516 g/mol. The Morgan fingerprint density at radius 3 is 2.47 bits per heavy atom. The van der Waals surface area contributed by atoms with Crippen LogP contribution in [-0.2, 0) is 24.2 Å². The zero-order chi connectivity index (χ0) is 25.9. The van der Waals surface area contributed by atoms with Crippen LogP contribution in [0.15, 0.2) is 16.8 Å². The summed E-state index contributed by atoms with van der Waals surface area (Å²) in [6.07, 6.45) is 3.17. The Morgan fingerprint density at radius 2 is 1.68 bits per heavy atom. The van der Waals surface area contributed by atoms with Crippen molar-refractivity contribution in [2.75, 3.05) is 71.3 Å². The molecule has 0 radical (unpaired) electrons. The highest BCUT2D eigenvalue weighted by Crippen LogP contribution is 2.33. The number of thiazole rings is 1. The van der Waals surface area contributed by atoms with Gasteiger partial charge >= 0.3 is 0 Å². The van der Waals surface area contributed by atoms with E-state index in [2.05, 4.69) is 41.9 Å². The number of ether oxygens (including phenoxy) is 1. The highest BCUT2D eigenvalue weighted by Gasteiger charge is 2.21. The normalized spacial score (nSPS) is 18.2. The van der Waals surface area contributed by atoms with Gasteiger partial charge in [-0.2, -0.15) is 0 Å². The van der Waals surface area contributed by atoms with Gasteiger partial charge in [-0.1, -0.05) is 13.3 Å². The Labute approximate surface area is 232 Å².